The molecule has 0 heterocycles. The highest BCUT2D eigenvalue weighted by molar-refractivity contribution is 5.94. The van der Waals surface area contributed by atoms with E-state index in [-0.39, 0.29) is 5.91 Å². The summed E-state index contributed by atoms with van der Waals surface area (Å²) in [6.45, 7) is 0.382. The minimum Gasteiger partial charge on any atom is -0.493 e. The molecule has 0 aliphatic carbocycles. The molecule has 172 valence electrons. The molecule has 0 aliphatic rings. The number of carbonyl (C=O) groups excluding carboxylic acids is 1. The summed E-state index contributed by atoms with van der Waals surface area (Å²) >= 11 is 0. The van der Waals surface area contributed by atoms with Crippen molar-refractivity contribution in [2.45, 2.75) is 13.0 Å². The number of benzene rings is 4. The standard InChI is InChI=1S/C29H27NO4/c1-32-27-17-10-23(19-28(27)33-2)20-30-29(31)24-11-15-26(16-12-24)34-25-13-8-22(9-14-25)18-21-6-4-3-5-7-21/h3-17,19H,18,20H2,1-2H3,(H,30,31). The fourth-order valence-electron chi connectivity index (χ4n) is 3.59. The lowest BCUT2D eigenvalue weighted by molar-refractivity contribution is 0.0951. The fourth-order valence-corrected chi connectivity index (χ4v) is 3.59. The quantitative estimate of drug-likeness (QED) is 0.337. The third-order valence-electron chi connectivity index (χ3n) is 5.43. The van der Waals surface area contributed by atoms with Crippen molar-refractivity contribution in [3.05, 3.63) is 119 Å². The lowest BCUT2D eigenvalue weighted by Gasteiger charge is -2.11. The van der Waals surface area contributed by atoms with Gasteiger partial charge in [-0.3, -0.25) is 4.79 Å². The number of hydrogen-bond acceptors (Lipinski definition) is 4. The molecular formula is C29H27NO4. The molecule has 0 saturated carbocycles. The van der Waals surface area contributed by atoms with E-state index in [0.717, 1.165) is 17.7 Å². The van der Waals surface area contributed by atoms with Gasteiger partial charge in [-0.2, -0.15) is 0 Å². The third-order valence-corrected chi connectivity index (χ3v) is 5.43. The van der Waals surface area contributed by atoms with Gasteiger partial charge < -0.3 is 19.5 Å². The summed E-state index contributed by atoms with van der Waals surface area (Å²) in [6.07, 6.45) is 0.883. The van der Waals surface area contributed by atoms with Crippen LogP contribution in [-0.2, 0) is 13.0 Å². The maximum Gasteiger partial charge on any atom is 0.251 e. The molecule has 0 spiro atoms. The molecule has 4 aromatic carbocycles. The van der Waals surface area contributed by atoms with Crippen molar-refractivity contribution in [3.8, 4) is 23.0 Å². The topological polar surface area (TPSA) is 56.8 Å². The molecule has 0 aromatic heterocycles. The summed E-state index contributed by atoms with van der Waals surface area (Å²) in [5.41, 5.74) is 3.98. The maximum absolute atomic E-state index is 12.5. The van der Waals surface area contributed by atoms with Gasteiger partial charge in [0.25, 0.3) is 5.91 Å². The van der Waals surface area contributed by atoms with E-state index in [1.54, 1.807) is 38.5 Å². The Morgan fingerprint density at radius 2 is 1.26 bits per heavy atom. The van der Waals surface area contributed by atoms with Gasteiger partial charge in [0.2, 0.25) is 0 Å². The Morgan fingerprint density at radius 3 is 1.91 bits per heavy atom. The van der Waals surface area contributed by atoms with Crippen molar-refractivity contribution < 1.29 is 19.0 Å². The monoisotopic (exact) mass is 453 g/mol. The first-order chi connectivity index (χ1) is 16.6. The largest absolute Gasteiger partial charge is 0.493 e. The molecule has 4 aromatic rings. The third kappa shape index (κ3) is 5.95. The molecule has 0 unspecified atom stereocenters. The first-order valence-electron chi connectivity index (χ1n) is 11.0. The molecule has 1 N–H and O–H groups in total. The molecule has 0 atom stereocenters. The number of nitrogens with one attached hydrogen (secondary N) is 1. The van der Waals surface area contributed by atoms with Crippen molar-refractivity contribution in [1.82, 2.24) is 5.32 Å². The molecular weight excluding hydrogens is 426 g/mol. The van der Waals surface area contributed by atoms with Gasteiger partial charge >= 0.3 is 0 Å². The number of rotatable bonds is 9. The van der Waals surface area contributed by atoms with Crippen molar-refractivity contribution in [2.75, 3.05) is 14.2 Å². The Morgan fingerprint density at radius 1 is 0.676 bits per heavy atom. The minimum atomic E-state index is -0.161. The lowest BCUT2D eigenvalue weighted by Crippen LogP contribution is -2.22. The number of hydrogen-bond donors (Lipinski definition) is 1. The summed E-state index contributed by atoms with van der Waals surface area (Å²) in [4.78, 5) is 12.5. The van der Waals surface area contributed by atoms with Crippen LogP contribution in [0.5, 0.6) is 23.0 Å². The average molecular weight is 454 g/mol. The molecule has 0 fully saturated rings. The predicted molar refractivity (Wildman–Crippen MR) is 133 cm³/mol. The van der Waals surface area contributed by atoms with Crippen LogP contribution < -0.4 is 19.5 Å². The zero-order chi connectivity index (χ0) is 23.8. The molecule has 0 radical (unpaired) electrons. The van der Waals surface area contributed by atoms with Crippen LogP contribution in [0.3, 0.4) is 0 Å². The Hall–Kier alpha value is -4.25. The summed E-state index contributed by atoms with van der Waals surface area (Å²) in [5.74, 6) is 2.55. The van der Waals surface area contributed by atoms with E-state index in [2.05, 4.69) is 29.6 Å². The fraction of sp³-hybridized carbons (Fsp3) is 0.138. The summed E-state index contributed by atoms with van der Waals surface area (Å²) in [6, 6.07) is 31.1. The van der Waals surface area contributed by atoms with E-state index >= 15 is 0 Å². The molecule has 5 nitrogen and oxygen atoms in total. The van der Waals surface area contributed by atoms with Crippen LogP contribution >= 0.6 is 0 Å². The summed E-state index contributed by atoms with van der Waals surface area (Å²) < 4.78 is 16.5. The van der Waals surface area contributed by atoms with Crippen LogP contribution in [0.1, 0.15) is 27.0 Å². The van der Waals surface area contributed by atoms with Gasteiger partial charge in [0.05, 0.1) is 14.2 Å². The van der Waals surface area contributed by atoms with E-state index in [4.69, 9.17) is 14.2 Å². The molecule has 5 heteroatoms. The van der Waals surface area contributed by atoms with E-state index in [1.165, 1.54) is 11.1 Å². The Balaban J connectivity index is 1.31. The second kappa shape index (κ2) is 11.1. The van der Waals surface area contributed by atoms with Crippen LogP contribution in [0.2, 0.25) is 0 Å². The molecule has 34 heavy (non-hydrogen) atoms. The van der Waals surface area contributed by atoms with Crippen molar-refractivity contribution in [2.24, 2.45) is 0 Å². The molecule has 0 bridgehead atoms. The number of amides is 1. The van der Waals surface area contributed by atoms with Gasteiger partial charge in [0.1, 0.15) is 11.5 Å². The predicted octanol–water partition coefficient (Wildman–Crippen LogP) is 6.02. The van der Waals surface area contributed by atoms with E-state index in [9.17, 15) is 4.79 Å². The van der Waals surface area contributed by atoms with Crippen molar-refractivity contribution >= 4 is 5.91 Å². The van der Waals surface area contributed by atoms with Gasteiger partial charge in [0, 0.05) is 12.1 Å². The Kier molecular flexibility index (Phi) is 7.45. The molecule has 0 aliphatic heterocycles. The first-order valence-corrected chi connectivity index (χ1v) is 11.0. The SMILES string of the molecule is COc1ccc(CNC(=O)c2ccc(Oc3ccc(Cc4ccccc4)cc3)cc2)cc1OC. The van der Waals surface area contributed by atoms with Crippen LogP contribution in [-0.4, -0.2) is 20.1 Å². The second-order valence-electron chi connectivity index (χ2n) is 7.80. The highest BCUT2D eigenvalue weighted by Crippen LogP contribution is 2.27. The number of methoxy groups -OCH3 is 2. The summed E-state index contributed by atoms with van der Waals surface area (Å²) in [5, 5.41) is 2.92. The van der Waals surface area contributed by atoms with E-state index < -0.39 is 0 Å². The van der Waals surface area contributed by atoms with Crippen LogP contribution in [0, 0.1) is 0 Å². The Bertz CT molecular complexity index is 1220. The zero-order valence-electron chi connectivity index (χ0n) is 19.3. The molecule has 4 rings (SSSR count). The maximum atomic E-state index is 12.5. The van der Waals surface area contributed by atoms with Crippen LogP contribution in [0.15, 0.2) is 97.1 Å². The summed E-state index contributed by atoms with van der Waals surface area (Å²) in [7, 11) is 3.18. The van der Waals surface area contributed by atoms with E-state index in [1.807, 2.05) is 48.5 Å². The molecule has 1 amide bonds. The Labute approximate surface area is 199 Å². The van der Waals surface area contributed by atoms with E-state index in [0.29, 0.717) is 29.4 Å². The molecule has 0 saturated heterocycles. The minimum absolute atomic E-state index is 0.161. The first kappa shape index (κ1) is 22.9. The van der Waals surface area contributed by atoms with Gasteiger partial charge in [-0.15, -0.1) is 0 Å². The van der Waals surface area contributed by atoms with Crippen molar-refractivity contribution in [3.63, 3.8) is 0 Å². The second-order valence-corrected chi connectivity index (χ2v) is 7.80. The van der Waals surface area contributed by atoms with Crippen molar-refractivity contribution in [1.29, 1.82) is 0 Å². The smallest absolute Gasteiger partial charge is 0.251 e. The van der Waals surface area contributed by atoms with Gasteiger partial charge in [-0.1, -0.05) is 48.5 Å². The van der Waals surface area contributed by atoms with Gasteiger partial charge in [0.15, 0.2) is 11.5 Å². The highest BCUT2D eigenvalue weighted by atomic mass is 16.5. The van der Waals surface area contributed by atoms with Crippen LogP contribution in [0.25, 0.3) is 0 Å². The van der Waals surface area contributed by atoms with Gasteiger partial charge in [-0.05, 0) is 71.6 Å². The highest BCUT2D eigenvalue weighted by Gasteiger charge is 2.09. The van der Waals surface area contributed by atoms with Gasteiger partial charge in [-0.25, -0.2) is 0 Å². The zero-order valence-corrected chi connectivity index (χ0v) is 19.3. The normalized spacial score (nSPS) is 10.4. The number of carbonyl (C=O) groups is 1. The van der Waals surface area contributed by atoms with Crippen LogP contribution in [0.4, 0.5) is 0 Å². The average Bonchev–Trinajstić information content (AvgIpc) is 2.89. The lowest BCUT2D eigenvalue weighted by atomic mass is 10.1. The number of ether oxygens (including phenoxy) is 3.